The minimum Gasteiger partial charge on any atom is -0.481 e. The van der Waals surface area contributed by atoms with Gasteiger partial charge in [-0.05, 0) is 13.8 Å². The van der Waals surface area contributed by atoms with Gasteiger partial charge in [-0.25, -0.2) is 0 Å². The number of hydrogen-bond acceptors (Lipinski definition) is 2. The third kappa shape index (κ3) is 3.37. The number of carboxylic acids is 1. The summed E-state index contributed by atoms with van der Waals surface area (Å²) in [5.74, 6) is -1.33. The Morgan fingerprint density at radius 3 is 2.18 bits per heavy atom. The molecule has 64 valence electrons. The molecule has 0 aromatic rings. The van der Waals surface area contributed by atoms with Gasteiger partial charge in [0.1, 0.15) is 5.78 Å². The minimum absolute atomic E-state index is 0.00810. The van der Waals surface area contributed by atoms with Crippen molar-refractivity contribution in [3.63, 3.8) is 0 Å². The highest BCUT2D eigenvalue weighted by Crippen LogP contribution is 2.20. The van der Waals surface area contributed by atoms with E-state index in [2.05, 4.69) is 0 Å². The summed E-state index contributed by atoms with van der Waals surface area (Å²) in [6.07, 6.45) is -0.00810. The molecule has 0 heterocycles. The Balaban J connectivity index is 4.12. The Morgan fingerprint density at radius 2 is 1.91 bits per heavy atom. The van der Waals surface area contributed by atoms with Crippen LogP contribution in [0.1, 0.15) is 20.3 Å². The molecule has 0 amide bonds. The molecule has 0 aliphatic heterocycles. The minimum atomic E-state index is -0.994. The molecule has 0 unspecified atom stereocenters. The molecule has 0 aliphatic rings. The molecule has 0 saturated carbocycles. The first-order valence-corrected chi connectivity index (χ1v) is 3.74. The van der Waals surface area contributed by atoms with Gasteiger partial charge in [-0.15, -0.1) is 11.6 Å². The summed E-state index contributed by atoms with van der Waals surface area (Å²) in [7, 11) is 0. The number of carbonyl (C=O) groups excluding carboxylic acids is 1. The fraction of sp³-hybridized carbons (Fsp3) is 0.714. The van der Waals surface area contributed by atoms with Gasteiger partial charge in [-0.2, -0.15) is 0 Å². The predicted molar refractivity (Wildman–Crippen MR) is 41.8 cm³/mol. The van der Waals surface area contributed by atoms with Gasteiger partial charge in [-0.1, -0.05) is 0 Å². The van der Waals surface area contributed by atoms with E-state index in [4.69, 9.17) is 16.7 Å². The lowest BCUT2D eigenvalue weighted by atomic mass is 9.88. The van der Waals surface area contributed by atoms with Gasteiger partial charge in [-0.3, -0.25) is 9.59 Å². The first kappa shape index (κ1) is 10.4. The second-order valence-electron chi connectivity index (χ2n) is 3.04. The topological polar surface area (TPSA) is 54.4 Å². The largest absolute Gasteiger partial charge is 0.481 e. The number of alkyl halides is 1. The Bertz CT molecular complexity index is 175. The van der Waals surface area contributed by atoms with Gasteiger partial charge < -0.3 is 5.11 Å². The maximum absolute atomic E-state index is 10.7. The highest BCUT2D eigenvalue weighted by atomic mass is 35.5. The standard InChI is InChI=1S/C7H11ClO3/c1-7(2,6(10)11)3-5(9)4-8/h3-4H2,1-2H3,(H,10,11). The molecular weight excluding hydrogens is 168 g/mol. The predicted octanol–water partition coefficient (Wildman–Crippen LogP) is 1.30. The normalized spacial score (nSPS) is 11.2. The van der Waals surface area contributed by atoms with Gasteiger partial charge in [0.2, 0.25) is 0 Å². The summed E-state index contributed by atoms with van der Waals surface area (Å²) >= 11 is 5.22. The Labute approximate surface area is 70.3 Å². The fourth-order valence-electron chi connectivity index (χ4n) is 0.616. The molecule has 0 rings (SSSR count). The lowest BCUT2D eigenvalue weighted by molar-refractivity contribution is -0.149. The third-order valence-corrected chi connectivity index (χ3v) is 1.67. The molecule has 3 nitrogen and oxygen atoms in total. The number of hydrogen-bond donors (Lipinski definition) is 1. The second-order valence-corrected chi connectivity index (χ2v) is 3.31. The summed E-state index contributed by atoms with van der Waals surface area (Å²) in [6, 6.07) is 0. The van der Waals surface area contributed by atoms with E-state index in [0.717, 1.165) is 0 Å². The summed E-state index contributed by atoms with van der Waals surface area (Å²) in [6.45, 7) is 3.00. The molecule has 0 saturated heterocycles. The van der Waals surface area contributed by atoms with Crippen LogP contribution in [0.4, 0.5) is 0 Å². The van der Waals surface area contributed by atoms with Crippen LogP contribution in [-0.4, -0.2) is 22.7 Å². The summed E-state index contributed by atoms with van der Waals surface area (Å²) in [5.41, 5.74) is -0.994. The molecule has 0 fully saturated rings. The number of ketones is 1. The van der Waals surface area contributed by atoms with Crippen LogP contribution in [0.2, 0.25) is 0 Å². The third-order valence-electron chi connectivity index (χ3n) is 1.37. The molecule has 0 aromatic carbocycles. The van der Waals surface area contributed by atoms with E-state index in [1.807, 2.05) is 0 Å². The van der Waals surface area contributed by atoms with Crippen LogP contribution in [0, 0.1) is 5.41 Å². The number of rotatable bonds is 4. The van der Waals surface area contributed by atoms with Gasteiger partial charge in [0, 0.05) is 6.42 Å². The van der Waals surface area contributed by atoms with E-state index >= 15 is 0 Å². The summed E-state index contributed by atoms with van der Waals surface area (Å²) < 4.78 is 0. The molecule has 0 radical (unpaired) electrons. The van der Waals surface area contributed by atoms with Crippen molar-refractivity contribution in [3.8, 4) is 0 Å². The van der Waals surface area contributed by atoms with E-state index in [1.165, 1.54) is 13.8 Å². The molecule has 1 N–H and O–H groups in total. The van der Waals surface area contributed by atoms with E-state index in [0.29, 0.717) is 0 Å². The molecule has 0 atom stereocenters. The van der Waals surface area contributed by atoms with Gasteiger partial charge >= 0.3 is 5.97 Å². The van der Waals surface area contributed by atoms with E-state index < -0.39 is 11.4 Å². The highest BCUT2D eigenvalue weighted by Gasteiger charge is 2.29. The molecule has 0 bridgehead atoms. The average molecular weight is 179 g/mol. The van der Waals surface area contributed by atoms with Crippen LogP contribution < -0.4 is 0 Å². The zero-order valence-corrected chi connectivity index (χ0v) is 7.31. The molecule has 0 aliphatic carbocycles. The molecule has 4 heteroatoms. The van der Waals surface area contributed by atoms with E-state index in [1.54, 1.807) is 0 Å². The Hall–Kier alpha value is -0.570. The van der Waals surface area contributed by atoms with Crippen LogP contribution in [-0.2, 0) is 9.59 Å². The van der Waals surface area contributed by atoms with E-state index in [9.17, 15) is 9.59 Å². The van der Waals surface area contributed by atoms with Crippen LogP contribution in [0.15, 0.2) is 0 Å². The Morgan fingerprint density at radius 1 is 1.45 bits per heavy atom. The Kier molecular flexibility index (Phi) is 3.52. The van der Waals surface area contributed by atoms with Crippen molar-refractivity contribution in [2.75, 3.05) is 5.88 Å². The lowest BCUT2D eigenvalue weighted by Gasteiger charge is -2.16. The van der Waals surface area contributed by atoms with Crippen molar-refractivity contribution >= 4 is 23.4 Å². The number of Topliss-reactive ketones (excluding diaryl/α,β-unsaturated/α-hetero) is 1. The van der Waals surface area contributed by atoms with Gasteiger partial charge in [0.15, 0.2) is 0 Å². The molecular formula is C7H11ClO3. The molecule has 0 aromatic heterocycles. The van der Waals surface area contributed by atoms with Crippen LogP contribution in [0.25, 0.3) is 0 Å². The first-order valence-electron chi connectivity index (χ1n) is 3.21. The number of carbonyl (C=O) groups is 2. The van der Waals surface area contributed by atoms with Crippen molar-refractivity contribution in [2.24, 2.45) is 5.41 Å². The smallest absolute Gasteiger partial charge is 0.309 e. The zero-order valence-electron chi connectivity index (χ0n) is 6.56. The highest BCUT2D eigenvalue weighted by molar-refractivity contribution is 6.27. The maximum Gasteiger partial charge on any atom is 0.309 e. The van der Waals surface area contributed by atoms with Crippen molar-refractivity contribution in [2.45, 2.75) is 20.3 Å². The number of aliphatic carboxylic acids is 1. The average Bonchev–Trinajstić information content (AvgIpc) is 1.86. The quantitative estimate of drug-likeness (QED) is 0.661. The first-order chi connectivity index (χ1) is 4.90. The lowest BCUT2D eigenvalue weighted by Crippen LogP contribution is -2.27. The summed E-state index contributed by atoms with van der Waals surface area (Å²) in [4.78, 5) is 21.2. The zero-order chi connectivity index (χ0) is 9.07. The maximum atomic E-state index is 10.7. The molecule has 11 heavy (non-hydrogen) atoms. The fourth-order valence-corrected chi connectivity index (χ4v) is 0.710. The van der Waals surface area contributed by atoms with Crippen molar-refractivity contribution in [3.05, 3.63) is 0 Å². The van der Waals surface area contributed by atoms with Crippen molar-refractivity contribution in [1.82, 2.24) is 0 Å². The summed E-state index contributed by atoms with van der Waals surface area (Å²) in [5, 5.41) is 8.59. The van der Waals surface area contributed by atoms with Crippen LogP contribution in [0.3, 0.4) is 0 Å². The van der Waals surface area contributed by atoms with Crippen molar-refractivity contribution in [1.29, 1.82) is 0 Å². The van der Waals surface area contributed by atoms with Crippen LogP contribution in [0.5, 0.6) is 0 Å². The second kappa shape index (κ2) is 3.72. The van der Waals surface area contributed by atoms with Crippen molar-refractivity contribution < 1.29 is 14.7 Å². The monoisotopic (exact) mass is 178 g/mol. The number of halogens is 1. The van der Waals surface area contributed by atoms with Gasteiger partial charge in [0.25, 0.3) is 0 Å². The number of carboxylic acid groups (broad SMARTS) is 1. The molecule has 0 spiro atoms. The van der Waals surface area contributed by atoms with Crippen LogP contribution >= 0.6 is 11.6 Å². The van der Waals surface area contributed by atoms with Gasteiger partial charge in [0.05, 0.1) is 11.3 Å². The SMILES string of the molecule is CC(C)(CC(=O)CCl)C(=O)O. The van der Waals surface area contributed by atoms with E-state index in [-0.39, 0.29) is 18.1 Å².